The van der Waals surface area contributed by atoms with Gasteiger partial charge in [0.1, 0.15) is 0 Å². The molecule has 0 aliphatic carbocycles. The molecule has 0 radical (unpaired) electrons. The first-order chi connectivity index (χ1) is 8.52. The summed E-state index contributed by atoms with van der Waals surface area (Å²) < 4.78 is 0. The van der Waals surface area contributed by atoms with E-state index in [9.17, 15) is 4.79 Å². The van der Waals surface area contributed by atoms with Gasteiger partial charge >= 0.3 is 0 Å². The summed E-state index contributed by atoms with van der Waals surface area (Å²) >= 11 is 1.68. The quantitative estimate of drug-likeness (QED) is 0.777. The van der Waals surface area contributed by atoms with Crippen LogP contribution in [0.4, 0.5) is 11.4 Å². The molecule has 1 unspecified atom stereocenters. The summed E-state index contributed by atoms with van der Waals surface area (Å²) in [6.07, 6.45) is 1.16. The van der Waals surface area contributed by atoms with Gasteiger partial charge in [-0.3, -0.25) is 4.79 Å². The van der Waals surface area contributed by atoms with Crippen molar-refractivity contribution in [1.29, 1.82) is 0 Å². The molecule has 18 heavy (non-hydrogen) atoms. The van der Waals surface area contributed by atoms with Gasteiger partial charge in [0, 0.05) is 11.4 Å². The third-order valence-electron chi connectivity index (χ3n) is 2.87. The van der Waals surface area contributed by atoms with Crippen molar-refractivity contribution in [3.63, 3.8) is 0 Å². The van der Waals surface area contributed by atoms with Crippen LogP contribution in [0.25, 0.3) is 0 Å². The average molecular weight is 266 g/mol. The SMILES string of the molecule is CCC(C)CSCC(=O)Nc1cc(N)ccc1C. The largest absolute Gasteiger partial charge is 0.399 e. The Morgan fingerprint density at radius 2 is 2.22 bits per heavy atom. The first-order valence-corrected chi connectivity index (χ1v) is 7.42. The summed E-state index contributed by atoms with van der Waals surface area (Å²) in [7, 11) is 0. The smallest absolute Gasteiger partial charge is 0.234 e. The molecule has 1 rings (SSSR count). The lowest BCUT2D eigenvalue weighted by atomic mass is 10.2. The Balaban J connectivity index is 2.42. The molecule has 4 heteroatoms. The maximum Gasteiger partial charge on any atom is 0.234 e. The summed E-state index contributed by atoms with van der Waals surface area (Å²) in [5, 5.41) is 2.90. The van der Waals surface area contributed by atoms with Crippen LogP contribution in [0.2, 0.25) is 0 Å². The molecule has 0 bridgehead atoms. The van der Waals surface area contributed by atoms with Gasteiger partial charge in [-0.15, -0.1) is 0 Å². The third kappa shape index (κ3) is 5.00. The van der Waals surface area contributed by atoms with Crippen molar-refractivity contribution in [1.82, 2.24) is 0 Å². The molecule has 0 heterocycles. The molecule has 0 saturated heterocycles. The normalized spacial score (nSPS) is 12.2. The molecular weight excluding hydrogens is 244 g/mol. The van der Waals surface area contributed by atoms with E-state index in [0.29, 0.717) is 17.4 Å². The number of aryl methyl sites for hydroxylation is 1. The van der Waals surface area contributed by atoms with Crippen LogP contribution in [0.3, 0.4) is 0 Å². The third-order valence-corrected chi connectivity index (χ3v) is 4.14. The second-order valence-corrected chi connectivity index (χ2v) is 5.68. The number of carbonyl (C=O) groups excluding carboxylic acids is 1. The van der Waals surface area contributed by atoms with E-state index in [2.05, 4.69) is 19.2 Å². The Bertz CT molecular complexity index is 407. The molecule has 1 amide bonds. The van der Waals surface area contributed by atoms with Crippen molar-refractivity contribution < 1.29 is 4.79 Å². The van der Waals surface area contributed by atoms with E-state index < -0.39 is 0 Å². The zero-order valence-electron chi connectivity index (χ0n) is 11.3. The van der Waals surface area contributed by atoms with E-state index in [1.807, 2.05) is 19.1 Å². The summed E-state index contributed by atoms with van der Waals surface area (Å²) in [5.41, 5.74) is 8.22. The lowest BCUT2D eigenvalue weighted by Gasteiger charge is -2.10. The molecule has 0 spiro atoms. The van der Waals surface area contributed by atoms with Crippen molar-refractivity contribution in [2.45, 2.75) is 27.2 Å². The average Bonchev–Trinajstić information content (AvgIpc) is 2.33. The van der Waals surface area contributed by atoms with Gasteiger partial charge in [-0.05, 0) is 36.3 Å². The monoisotopic (exact) mass is 266 g/mol. The Hall–Kier alpha value is -1.16. The van der Waals surface area contributed by atoms with Gasteiger partial charge in [0.15, 0.2) is 0 Å². The van der Waals surface area contributed by atoms with E-state index in [4.69, 9.17) is 5.73 Å². The van der Waals surface area contributed by atoms with Gasteiger partial charge in [0.05, 0.1) is 5.75 Å². The topological polar surface area (TPSA) is 55.1 Å². The highest BCUT2D eigenvalue weighted by Gasteiger charge is 2.06. The number of nitrogen functional groups attached to an aromatic ring is 1. The Morgan fingerprint density at radius 3 is 2.89 bits per heavy atom. The number of thioether (sulfide) groups is 1. The number of carbonyl (C=O) groups is 1. The highest BCUT2D eigenvalue weighted by Crippen LogP contribution is 2.18. The number of nitrogens with one attached hydrogen (secondary N) is 1. The Labute approximate surface area is 114 Å². The minimum absolute atomic E-state index is 0.0389. The van der Waals surface area contributed by atoms with Crippen LogP contribution < -0.4 is 11.1 Å². The van der Waals surface area contributed by atoms with E-state index >= 15 is 0 Å². The van der Waals surface area contributed by atoms with Crippen LogP contribution in [-0.2, 0) is 4.79 Å². The maximum atomic E-state index is 11.8. The number of nitrogens with two attached hydrogens (primary N) is 1. The number of hydrogen-bond donors (Lipinski definition) is 2. The van der Waals surface area contributed by atoms with Crippen LogP contribution >= 0.6 is 11.8 Å². The molecule has 0 aromatic heterocycles. The van der Waals surface area contributed by atoms with Gasteiger partial charge in [0.25, 0.3) is 0 Å². The van der Waals surface area contributed by atoms with Crippen molar-refractivity contribution in [3.05, 3.63) is 23.8 Å². The molecule has 0 saturated carbocycles. The molecule has 1 atom stereocenters. The van der Waals surface area contributed by atoms with Crippen molar-refractivity contribution in [2.24, 2.45) is 5.92 Å². The highest BCUT2D eigenvalue weighted by atomic mass is 32.2. The number of rotatable bonds is 6. The first kappa shape index (κ1) is 14.9. The molecular formula is C14H22N2OS. The Kier molecular flexibility index (Phi) is 6.05. The predicted octanol–water partition coefficient (Wildman–Crippen LogP) is 3.30. The summed E-state index contributed by atoms with van der Waals surface area (Å²) in [6.45, 7) is 6.33. The number of amides is 1. The van der Waals surface area contributed by atoms with Gasteiger partial charge < -0.3 is 11.1 Å². The minimum Gasteiger partial charge on any atom is -0.399 e. The molecule has 100 valence electrons. The molecule has 0 aliphatic heterocycles. The van der Waals surface area contributed by atoms with Crippen LogP contribution in [0.1, 0.15) is 25.8 Å². The maximum absolute atomic E-state index is 11.8. The van der Waals surface area contributed by atoms with E-state index in [1.54, 1.807) is 17.8 Å². The highest BCUT2D eigenvalue weighted by molar-refractivity contribution is 7.99. The lowest BCUT2D eigenvalue weighted by molar-refractivity contribution is -0.113. The molecule has 1 aromatic carbocycles. The van der Waals surface area contributed by atoms with Crippen LogP contribution in [0.15, 0.2) is 18.2 Å². The zero-order valence-corrected chi connectivity index (χ0v) is 12.1. The summed E-state index contributed by atoms with van der Waals surface area (Å²) in [5.74, 6) is 2.23. The van der Waals surface area contributed by atoms with E-state index in [0.717, 1.165) is 23.4 Å². The second kappa shape index (κ2) is 7.31. The molecule has 3 N–H and O–H groups in total. The van der Waals surface area contributed by atoms with Crippen molar-refractivity contribution in [3.8, 4) is 0 Å². The molecule has 3 nitrogen and oxygen atoms in total. The van der Waals surface area contributed by atoms with Crippen molar-refractivity contribution >= 4 is 29.0 Å². The van der Waals surface area contributed by atoms with Gasteiger partial charge in [0.2, 0.25) is 5.91 Å². The second-order valence-electron chi connectivity index (χ2n) is 4.65. The number of benzene rings is 1. The fraction of sp³-hybridized carbons (Fsp3) is 0.500. The number of anilines is 2. The minimum atomic E-state index is 0.0389. The molecule has 0 aliphatic rings. The summed E-state index contributed by atoms with van der Waals surface area (Å²) in [6, 6.07) is 5.55. The van der Waals surface area contributed by atoms with Crippen LogP contribution in [0, 0.1) is 12.8 Å². The van der Waals surface area contributed by atoms with Crippen molar-refractivity contribution in [2.75, 3.05) is 22.6 Å². The van der Waals surface area contributed by atoms with Gasteiger partial charge in [-0.2, -0.15) is 11.8 Å². The standard InChI is InChI=1S/C14H22N2OS/c1-4-10(2)8-18-9-14(17)16-13-7-12(15)6-5-11(13)3/h5-7,10H,4,8-9,15H2,1-3H3,(H,16,17). The van der Waals surface area contributed by atoms with E-state index in [1.165, 1.54) is 0 Å². The van der Waals surface area contributed by atoms with Crippen LogP contribution in [-0.4, -0.2) is 17.4 Å². The number of hydrogen-bond acceptors (Lipinski definition) is 3. The fourth-order valence-electron chi connectivity index (χ4n) is 1.43. The first-order valence-electron chi connectivity index (χ1n) is 6.26. The zero-order chi connectivity index (χ0) is 13.5. The lowest BCUT2D eigenvalue weighted by Crippen LogP contribution is -2.16. The molecule has 1 aromatic rings. The Morgan fingerprint density at radius 1 is 1.50 bits per heavy atom. The predicted molar refractivity (Wildman–Crippen MR) is 81.0 cm³/mol. The van der Waals surface area contributed by atoms with E-state index in [-0.39, 0.29) is 5.91 Å². The molecule has 0 fully saturated rings. The van der Waals surface area contributed by atoms with Crippen LogP contribution in [0.5, 0.6) is 0 Å². The van der Waals surface area contributed by atoms with Gasteiger partial charge in [-0.25, -0.2) is 0 Å². The van der Waals surface area contributed by atoms with Gasteiger partial charge in [-0.1, -0.05) is 26.3 Å². The fourth-order valence-corrected chi connectivity index (χ4v) is 2.44. The summed E-state index contributed by atoms with van der Waals surface area (Å²) in [4.78, 5) is 11.8.